The van der Waals surface area contributed by atoms with E-state index in [1.165, 1.54) is 19.0 Å². The minimum atomic E-state index is -0.588. The maximum Gasteiger partial charge on any atom is 0.377 e. The Labute approximate surface area is 96.9 Å². The largest absolute Gasteiger partial charge is 0.377 e. The molecule has 0 saturated carbocycles. The van der Waals surface area contributed by atoms with E-state index in [0.29, 0.717) is 10.4 Å². The van der Waals surface area contributed by atoms with Gasteiger partial charge >= 0.3 is 11.7 Å². The molecule has 0 bridgehead atoms. The Hall–Kier alpha value is -2.44. The summed E-state index contributed by atoms with van der Waals surface area (Å²) in [5, 5.41) is 7.20. The number of hydrogen-bond acceptors (Lipinski definition) is 4. The summed E-state index contributed by atoms with van der Waals surface area (Å²) in [6, 6.07) is 8.26. The number of para-hydroxylation sites is 1. The standard InChI is InChI=1S/C10H11N5O2/c1-13(2)9(16)15-10(17)14(11-12-15)8-6-4-3-5-7-8/h3-7H,1-2H3. The molecule has 1 heterocycles. The van der Waals surface area contributed by atoms with E-state index in [4.69, 9.17) is 0 Å². The second-order valence-electron chi connectivity index (χ2n) is 3.60. The fourth-order valence-corrected chi connectivity index (χ4v) is 1.29. The fraction of sp³-hybridized carbons (Fsp3) is 0.200. The molecule has 1 aromatic carbocycles. The maximum absolute atomic E-state index is 11.9. The summed E-state index contributed by atoms with van der Waals surface area (Å²) in [7, 11) is 3.08. The van der Waals surface area contributed by atoms with E-state index in [2.05, 4.69) is 10.4 Å². The van der Waals surface area contributed by atoms with Gasteiger partial charge in [0.2, 0.25) is 0 Å². The van der Waals surface area contributed by atoms with E-state index < -0.39 is 11.7 Å². The molecule has 0 fully saturated rings. The van der Waals surface area contributed by atoms with E-state index >= 15 is 0 Å². The summed E-state index contributed by atoms with van der Waals surface area (Å²) in [6.45, 7) is 0. The van der Waals surface area contributed by atoms with Crippen molar-refractivity contribution in [2.24, 2.45) is 0 Å². The van der Waals surface area contributed by atoms with Gasteiger partial charge in [0.25, 0.3) is 0 Å². The molecule has 2 aromatic rings. The van der Waals surface area contributed by atoms with Gasteiger partial charge in [0, 0.05) is 14.1 Å². The second kappa shape index (κ2) is 4.20. The van der Waals surface area contributed by atoms with Gasteiger partial charge in [-0.15, -0.1) is 4.68 Å². The molecule has 0 aliphatic rings. The van der Waals surface area contributed by atoms with E-state index in [1.807, 2.05) is 6.07 Å². The number of benzene rings is 1. The molecule has 7 nitrogen and oxygen atoms in total. The smallest absolute Gasteiger partial charge is 0.329 e. The number of carbonyl (C=O) groups is 1. The van der Waals surface area contributed by atoms with Crippen LogP contribution in [0.5, 0.6) is 0 Å². The fourth-order valence-electron chi connectivity index (χ4n) is 1.29. The van der Waals surface area contributed by atoms with Crippen molar-refractivity contribution in [3.05, 3.63) is 40.8 Å². The first-order valence-electron chi connectivity index (χ1n) is 4.93. The second-order valence-corrected chi connectivity index (χ2v) is 3.60. The summed E-state index contributed by atoms with van der Waals surface area (Å²) in [5.41, 5.74) is -0.0230. The Bertz CT molecular complexity index is 584. The van der Waals surface area contributed by atoms with Crippen molar-refractivity contribution in [2.75, 3.05) is 14.1 Å². The molecular weight excluding hydrogens is 222 g/mol. The van der Waals surface area contributed by atoms with Gasteiger partial charge in [0.15, 0.2) is 0 Å². The normalized spacial score (nSPS) is 10.2. The molecule has 88 valence electrons. The minimum Gasteiger partial charge on any atom is -0.329 e. The van der Waals surface area contributed by atoms with E-state index in [-0.39, 0.29) is 0 Å². The van der Waals surface area contributed by atoms with Crippen LogP contribution in [0.15, 0.2) is 35.1 Å². The average Bonchev–Trinajstić information content (AvgIpc) is 2.71. The molecule has 0 aliphatic carbocycles. The maximum atomic E-state index is 11.9. The number of rotatable bonds is 1. The lowest BCUT2D eigenvalue weighted by Crippen LogP contribution is -2.36. The molecule has 2 rings (SSSR count). The lowest BCUT2D eigenvalue weighted by molar-refractivity contribution is 0.214. The van der Waals surface area contributed by atoms with Crippen molar-refractivity contribution in [1.82, 2.24) is 24.7 Å². The molecule has 1 aromatic heterocycles. The molecule has 0 unspecified atom stereocenters. The van der Waals surface area contributed by atoms with Crippen LogP contribution in [0.2, 0.25) is 0 Å². The van der Waals surface area contributed by atoms with Crippen LogP contribution in [0.25, 0.3) is 5.69 Å². The van der Waals surface area contributed by atoms with Gasteiger partial charge < -0.3 is 4.90 Å². The highest BCUT2D eigenvalue weighted by molar-refractivity contribution is 5.74. The number of hydrogen-bond donors (Lipinski definition) is 0. The SMILES string of the molecule is CN(C)C(=O)n1nnn(-c2ccccc2)c1=O. The van der Waals surface area contributed by atoms with Gasteiger partial charge in [-0.05, 0) is 22.6 Å². The lowest BCUT2D eigenvalue weighted by atomic mass is 10.3. The highest BCUT2D eigenvalue weighted by Gasteiger charge is 2.16. The third kappa shape index (κ3) is 1.94. The van der Waals surface area contributed by atoms with Crippen LogP contribution in [-0.4, -0.2) is 44.8 Å². The predicted molar refractivity (Wildman–Crippen MR) is 60.1 cm³/mol. The van der Waals surface area contributed by atoms with Crippen LogP contribution in [0.4, 0.5) is 4.79 Å². The van der Waals surface area contributed by atoms with Gasteiger partial charge in [-0.1, -0.05) is 18.2 Å². The summed E-state index contributed by atoms with van der Waals surface area (Å²) in [5.74, 6) is 0. The van der Waals surface area contributed by atoms with Crippen LogP contribution in [-0.2, 0) is 0 Å². The molecule has 0 saturated heterocycles. The van der Waals surface area contributed by atoms with Crippen LogP contribution in [0.3, 0.4) is 0 Å². The van der Waals surface area contributed by atoms with Crippen LogP contribution in [0, 0.1) is 0 Å². The molecule has 0 radical (unpaired) electrons. The van der Waals surface area contributed by atoms with Crippen molar-refractivity contribution >= 4 is 6.03 Å². The molecule has 17 heavy (non-hydrogen) atoms. The van der Waals surface area contributed by atoms with E-state index in [1.54, 1.807) is 24.3 Å². The van der Waals surface area contributed by atoms with Gasteiger partial charge in [-0.25, -0.2) is 9.59 Å². The van der Waals surface area contributed by atoms with E-state index in [9.17, 15) is 9.59 Å². The topological polar surface area (TPSA) is 73.0 Å². The lowest BCUT2D eigenvalue weighted by Gasteiger charge is -2.06. The van der Waals surface area contributed by atoms with Gasteiger partial charge in [-0.3, -0.25) is 0 Å². The first-order chi connectivity index (χ1) is 8.11. The highest BCUT2D eigenvalue weighted by Crippen LogP contribution is 2.00. The number of tetrazole rings is 1. The first kappa shape index (κ1) is 11.1. The molecule has 1 amide bonds. The zero-order chi connectivity index (χ0) is 12.4. The Kier molecular flexibility index (Phi) is 2.73. The zero-order valence-electron chi connectivity index (χ0n) is 9.44. The Morgan fingerprint density at radius 2 is 1.82 bits per heavy atom. The van der Waals surface area contributed by atoms with E-state index in [0.717, 1.165) is 4.68 Å². The van der Waals surface area contributed by atoms with Gasteiger partial charge in [-0.2, -0.15) is 4.68 Å². The summed E-state index contributed by atoms with van der Waals surface area (Å²) < 4.78 is 1.79. The summed E-state index contributed by atoms with van der Waals surface area (Å²) in [6.07, 6.45) is 0. The van der Waals surface area contributed by atoms with Crippen molar-refractivity contribution in [1.29, 1.82) is 0 Å². The quantitative estimate of drug-likeness (QED) is 0.648. The average molecular weight is 233 g/mol. The number of amides is 1. The molecule has 7 heteroatoms. The monoisotopic (exact) mass is 233 g/mol. The van der Waals surface area contributed by atoms with Crippen LogP contribution >= 0.6 is 0 Å². The van der Waals surface area contributed by atoms with Crippen molar-refractivity contribution in [2.45, 2.75) is 0 Å². The minimum absolute atomic E-state index is 0.530. The Balaban J connectivity index is 2.48. The molecule has 0 spiro atoms. The molecule has 0 atom stereocenters. The van der Waals surface area contributed by atoms with Gasteiger partial charge in [0.05, 0.1) is 5.69 Å². The van der Waals surface area contributed by atoms with Gasteiger partial charge in [0.1, 0.15) is 0 Å². The number of aromatic nitrogens is 4. The van der Waals surface area contributed by atoms with Crippen molar-refractivity contribution < 1.29 is 4.79 Å². The Morgan fingerprint density at radius 3 is 2.41 bits per heavy atom. The van der Waals surface area contributed by atoms with Crippen molar-refractivity contribution in [3.63, 3.8) is 0 Å². The van der Waals surface area contributed by atoms with Crippen molar-refractivity contribution in [3.8, 4) is 5.69 Å². The number of carbonyl (C=O) groups excluding carboxylic acids is 1. The highest BCUT2D eigenvalue weighted by atomic mass is 16.2. The molecule has 0 aliphatic heterocycles. The Morgan fingerprint density at radius 1 is 1.18 bits per heavy atom. The molecular formula is C10H11N5O2. The van der Waals surface area contributed by atoms with Crippen LogP contribution < -0.4 is 5.69 Å². The first-order valence-corrected chi connectivity index (χ1v) is 4.93. The third-order valence-electron chi connectivity index (χ3n) is 2.15. The predicted octanol–water partition coefficient (Wildman–Crippen LogP) is -0.0413. The number of nitrogens with zero attached hydrogens (tertiary/aromatic N) is 5. The third-order valence-corrected chi connectivity index (χ3v) is 2.15. The summed E-state index contributed by atoms with van der Waals surface area (Å²) in [4.78, 5) is 24.7. The molecule has 0 N–H and O–H groups in total. The summed E-state index contributed by atoms with van der Waals surface area (Å²) >= 11 is 0. The van der Waals surface area contributed by atoms with Crippen LogP contribution in [0.1, 0.15) is 0 Å². The zero-order valence-corrected chi connectivity index (χ0v) is 9.44.